The molecule has 24 heavy (non-hydrogen) atoms. The number of nitrogens with one attached hydrogen (secondary N) is 1. The van der Waals surface area contributed by atoms with E-state index in [2.05, 4.69) is 4.72 Å². The number of benzene rings is 2. The van der Waals surface area contributed by atoms with E-state index in [0.717, 1.165) is 0 Å². The van der Waals surface area contributed by atoms with Gasteiger partial charge in [0.15, 0.2) is 0 Å². The molecule has 1 aliphatic heterocycles. The zero-order chi connectivity index (χ0) is 17.2. The van der Waals surface area contributed by atoms with E-state index >= 15 is 0 Å². The minimum absolute atomic E-state index is 0.0921. The van der Waals surface area contributed by atoms with E-state index in [9.17, 15) is 17.6 Å². The number of anilines is 1. The van der Waals surface area contributed by atoms with Gasteiger partial charge in [-0.15, -0.1) is 0 Å². The summed E-state index contributed by atoms with van der Waals surface area (Å²) >= 11 is 0. The van der Waals surface area contributed by atoms with Crippen molar-refractivity contribution in [2.24, 2.45) is 5.92 Å². The van der Waals surface area contributed by atoms with Crippen LogP contribution in [-0.2, 0) is 14.8 Å². The molecule has 0 radical (unpaired) electrons. The summed E-state index contributed by atoms with van der Waals surface area (Å²) < 4.78 is 39.9. The Hall–Kier alpha value is -2.25. The third-order valence-corrected chi connectivity index (χ3v) is 5.40. The molecule has 1 heterocycles. The minimum atomic E-state index is -3.58. The standard InChI is InChI=1S/C17H17FN2O3S/c18-14-6-8-15(9-7-14)20-12-13(10-17(20)21)11-19-24(22,23)16-4-2-1-3-5-16/h1-9,13,19H,10-12H2/t13-/m1/s1. The predicted octanol–water partition coefficient (Wildman–Crippen LogP) is 2.16. The van der Waals surface area contributed by atoms with Crippen molar-refractivity contribution in [2.45, 2.75) is 11.3 Å². The molecule has 1 atom stereocenters. The zero-order valence-electron chi connectivity index (χ0n) is 12.9. The first-order valence-electron chi connectivity index (χ1n) is 7.56. The van der Waals surface area contributed by atoms with Crippen LogP contribution in [0.2, 0.25) is 0 Å². The van der Waals surface area contributed by atoms with Crippen molar-refractivity contribution in [3.05, 3.63) is 60.4 Å². The van der Waals surface area contributed by atoms with E-state index in [4.69, 9.17) is 0 Å². The molecule has 0 aliphatic carbocycles. The molecule has 1 N–H and O–H groups in total. The predicted molar refractivity (Wildman–Crippen MR) is 88.5 cm³/mol. The van der Waals surface area contributed by atoms with E-state index in [1.807, 2.05) is 0 Å². The molecule has 2 aromatic carbocycles. The van der Waals surface area contributed by atoms with Gasteiger partial charge < -0.3 is 4.90 Å². The van der Waals surface area contributed by atoms with Crippen LogP contribution in [0.5, 0.6) is 0 Å². The molecule has 1 amide bonds. The summed E-state index contributed by atoms with van der Waals surface area (Å²) in [4.78, 5) is 13.9. The number of carbonyl (C=O) groups excluding carboxylic acids is 1. The van der Waals surface area contributed by atoms with Crippen molar-refractivity contribution in [2.75, 3.05) is 18.0 Å². The molecule has 1 fully saturated rings. The third-order valence-electron chi connectivity index (χ3n) is 3.96. The van der Waals surface area contributed by atoms with Gasteiger partial charge in [-0.05, 0) is 42.3 Å². The second-order valence-corrected chi connectivity index (χ2v) is 7.48. The van der Waals surface area contributed by atoms with Gasteiger partial charge in [0, 0.05) is 25.2 Å². The Labute approximate surface area is 140 Å². The molecule has 0 unspecified atom stereocenters. The van der Waals surface area contributed by atoms with Crippen molar-refractivity contribution >= 4 is 21.6 Å². The van der Waals surface area contributed by atoms with Gasteiger partial charge in [0.1, 0.15) is 5.82 Å². The highest BCUT2D eigenvalue weighted by atomic mass is 32.2. The highest BCUT2D eigenvalue weighted by Gasteiger charge is 2.31. The SMILES string of the molecule is O=C1C[C@H](CNS(=O)(=O)c2ccccc2)CN1c1ccc(F)cc1. The van der Waals surface area contributed by atoms with Crippen LogP contribution >= 0.6 is 0 Å². The van der Waals surface area contributed by atoms with E-state index in [1.54, 1.807) is 35.2 Å². The normalized spacial score (nSPS) is 18.1. The van der Waals surface area contributed by atoms with E-state index < -0.39 is 10.0 Å². The molecular weight excluding hydrogens is 331 g/mol. The Morgan fingerprint density at radius 3 is 2.42 bits per heavy atom. The number of carbonyl (C=O) groups is 1. The van der Waals surface area contributed by atoms with Crippen LogP contribution in [-0.4, -0.2) is 27.4 Å². The molecule has 3 rings (SSSR count). The quantitative estimate of drug-likeness (QED) is 0.900. The van der Waals surface area contributed by atoms with Gasteiger partial charge in [0.2, 0.25) is 15.9 Å². The van der Waals surface area contributed by atoms with Gasteiger partial charge in [0.25, 0.3) is 0 Å². The lowest BCUT2D eigenvalue weighted by Gasteiger charge is -2.17. The van der Waals surface area contributed by atoms with E-state index in [1.165, 1.54) is 24.3 Å². The fourth-order valence-corrected chi connectivity index (χ4v) is 3.84. The number of nitrogens with zero attached hydrogens (tertiary/aromatic N) is 1. The number of rotatable bonds is 5. The Morgan fingerprint density at radius 1 is 1.08 bits per heavy atom. The minimum Gasteiger partial charge on any atom is -0.312 e. The monoisotopic (exact) mass is 348 g/mol. The topological polar surface area (TPSA) is 66.5 Å². The first kappa shape index (κ1) is 16.6. The second-order valence-electron chi connectivity index (χ2n) is 5.72. The summed E-state index contributed by atoms with van der Waals surface area (Å²) in [7, 11) is -3.58. The zero-order valence-corrected chi connectivity index (χ0v) is 13.7. The Morgan fingerprint density at radius 2 is 1.75 bits per heavy atom. The highest BCUT2D eigenvalue weighted by molar-refractivity contribution is 7.89. The lowest BCUT2D eigenvalue weighted by molar-refractivity contribution is -0.117. The molecule has 5 nitrogen and oxygen atoms in total. The molecular formula is C17H17FN2O3S. The summed E-state index contributed by atoms with van der Waals surface area (Å²) in [6, 6.07) is 13.8. The van der Waals surface area contributed by atoms with Gasteiger partial charge in [0.05, 0.1) is 4.90 Å². The number of hydrogen-bond acceptors (Lipinski definition) is 3. The number of hydrogen-bond donors (Lipinski definition) is 1. The maximum absolute atomic E-state index is 13.0. The Bertz CT molecular complexity index is 823. The number of sulfonamides is 1. The molecule has 1 saturated heterocycles. The van der Waals surface area contributed by atoms with Crippen LogP contribution in [0.15, 0.2) is 59.5 Å². The maximum Gasteiger partial charge on any atom is 0.240 e. The summed E-state index contributed by atoms with van der Waals surface area (Å²) in [6.45, 7) is 0.586. The number of amides is 1. The average Bonchev–Trinajstić information content (AvgIpc) is 2.96. The average molecular weight is 348 g/mol. The van der Waals surface area contributed by atoms with E-state index in [0.29, 0.717) is 12.2 Å². The molecule has 2 aromatic rings. The van der Waals surface area contributed by atoms with Crippen LogP contribution in [0.4, 0.5) is 10.1 Å². The molecule has 0 saturated carbocycles. The van der Waals surface area contributed by atoms with Gasteiger partial charge in [-0.2, -0.15) is 0 Å². The molecule has 7 heteroatoms. The first-order valence-corrected chi connectivity index (χ1v) is 9.05. The van der Waals surface area contributed by atoms with Crippen LogP contribution in [0.3, 0.4) is 0 Å². The summed E-state index contributed by atoms with van der Waals surface area (Å²) in [5, 5.41) is 0. The van der Waals surface area contributed by atoms with Crippen LogP contribution < -0.4 is 9.62 Å². The van der Waals surface area contributed by atoms with Crippen LogP contribution in [0, 0.1) is 11.7 Å². The largest absolute Gasteiger partial charge is 0.312 e. The van der Waals surface area contributed by atoms with Crippen LogP contribution in [0.1, 0.15) is 6.42 Å². The van der Waals surface area contributed by atoms with Crippen molar-refractivity contribution in [1.29, 1.82) is 0 Å². The van der Waals surface area contributed by atoms with Crippen molar-refractivity contribution in [3.8, 4) is 0 Å². The van der Waals surface area contributed by atoms with Crippen molar-refractivity contribution in [3.63, 3.8) is 0 Å². The summed E-state index contributed by atoms with van der Waals surface area (Å²) in [5.41, 5.74) is 0.620. The Kier molecular flexibility index (Phi) is 4.64. The molecule has 0 spiro atoms. The fraction of sp³-hybridized carbons (Fsp3) is 0.235. The van der Waals surface area contributed by atoms with Gasteiger partial charge >= 0.3 is 0 Å². The van der Waals surface area contributed by atoms with Crippen molar-refractivity contribution < 1.29 is 17.6 Å². The van der Waals surface area contributed by atoms with Crippen LogP contribution in [0.25, 0.3) is 0 Å². The Balaban J connectivity index is 1.63. The first-order chi connectivity index (χ1) is 11.5. The van der Waals surface area contributed by atoms with Gasteiger partial charge in [-0.3, -0.25) is 4.79 Å². The van der Waals surface area contributed by atoms with Crippen molar-refractivity contribution in [1.82, 2.24) is 4.72 Å². The highest BCUT2D eigenvalue weighted by Crippen LogP contribution is 2.25. The lowest BCUT2D eigenvalue weighted by Crippen LogP contribution is -2.31. The van der Waals surface area contributed by atoms with Gasteiger partial charge in [-0.1, -0.05) is 18.2 Å². The maximum atomic E-state index is 13.0. The lowest BCUT2D eigenvalue weighted by atomic mass is 10.1. The molecule has 0 aromatic heterocycles. The molecule has 126 valence electrons. The van der Waals surface area contributed by atoms with E-state index in [-0.39, 0.29) is 35.5 Å². The van der Waals surface area contributed by atoms with Gasteiger partial charge in [-0.25, -0.2) is 17.5 Å². The summed E-state index contributed by atoms with van der Waals surface area (Å²) in [6.07, 6.45) is 0.259. The fourth-order valence-electron chi connectivity index (χ4n) is 2.70. The molecule has 1 aliphatic rings. The third kappa shape index (κ3) is 3.63. The molecule has 0 bridgehead atoms. The smallest absolute Gasteiger partial charge is 0.240 e. The number of halogens is 1. The second kappa shape index (κ2) is 6.70. The summed E-state index contributed by atoms with van der Waals surface area (Å²) in [5.74, 6) is -0.580.